The van der Waals surface area contributed by atoms with Crippen LogP contribution < -0.4 is 5.73 Å². The highest BCUT2D eigenvalue weighted by molar-refractivity contribution is 7.98. The first-order valence-electron chi connectivity index (χ1n) is 5.34. The molecule has 0 bridgehead atoms. The minimum Gasteiger partial charge on any atom is -0.397 e. The van der Waals surface area contributed by atoms with Crippen LogP contribution in [0.2, 0.25) is 0 Å². The van der Waals surface area contributed by atoms with Crippen LogP contribution in [0.4, 0.5) is 0 Å². The van der Waals surface area contributed by atoms with Crippen molar-refractivity contribution in [3.8, 4) is 6.07 Å². The Bertz CT molecular complexity index is 590. The molecule has 2 rings (SSSR count). The van der Waals surface area contributed by atoms with Crippen molar-refractivity contribution in [1.82, 2.24) is 0 Å². The largest absolute Gasteiger partial charge is 0.397 e. The Hall–Kier alpha value is -1.70. The van der Waals surface area contributed by atoms with Gasteiger partial charge in [0.05, 0.1) is 11.3 Å². The van der Waals surface area contributed by atoms with Gasteiger partial charge in [-0.3, -0.25) is 0 Å². The summed E-state index contributed by atoms with van der Waals surface area (Å²) in [5.74, 6) is 0. The first-order chi connectivity index (χ1) is 8.76. The zero-order valence-electron chi connectivity index (χ0n) is 9.88. The minimum atomic E-state index is 0.535. The third kappa shape index (κ3) is 2.58. The van der Waals surface area contributed by atoms with Crippen molar-refractivity contribution in [2.45, 2.75) is 4.90 Å². The van der Waals surface area contributed by atoms with E-state index >= 15 is 0 Å². The molecule has 0 aliphatic rings. The third-order valence-electron chi connectivity index (χ3n) is 2.55. The molecule has 0 saturated heterocycles. The highest BCUT2D eigenvalue weighted by Crippen LogP contribution is 2.26. The molecule has 0 spiro atoms. The number of nitriles is 1. The van der Waals surface area contributed by atoms with Gasteiger partial charge in [0.2, 0.25) is 0 Å². The number of rotatable bonds is 3. The number of nitrogens with two attached hydrogens (primary N) is 1. The summed E-state index contributed by atoms with van der Waals surface area (Å²) in [7, 11) is 0. The second-order valence-electron chi connectivity index (χ2n) is 3.61. The fraction of sp³-hybridized carbons (Fsp3) is 0.0714. The Morgan fingerprint density at radius 3 is 2.50 bits per heavy atom. The summed E-state index contributed by atoms with van der Waals surface area (Å²) < 4.78 is 0. The van der Waals surface area contributed by atoms with Crippen LogP contribution in [0, 0.1) is 11.3 Å². The van der Waals surface area contributed by atoms with Gasteiger partial charge in [-0.15, -0.1) is 23.1 Å². The van der Waals surface area contributed by atoms with Gasteiger partial charge in [-0.05, 0) is 35.4 Å². The van der Waals surface area contributed by atoms with E-state index in [-0.39, 0.29) is 0 Å². The van der Waals surface area contributed by atoms with E-state index in [9.17, 15) is 5.26 Å². The van der Waals surface area contributed by atoms with E-state index in [0.717, 1.165) is 10.4 Å². The lowest BCUT2D eigenvalue weighted by molar-refractivity contribution is 1.42. The smallest absolute Gasteiger partial charge is 0.103 e. The van der Waals surface area contributed by atoms with Crippen molar-refractivity contribution in [2.24, 2.45) is 5.73 Å². The number of hydrogen-bond acceptors (Lipinski definition) is 4. The highest BCUT2D eigenvalue weighted by atomic mass is 32.2. The average molecular weight is 272 g/mol. The number of nitrogens with zero attached hydrogens (tertiary/aromatic N) is 1. The van der Waals surface area contributed by atoms with Gasteiger partial charge in [0.15, 0.2) is 0 Å². The zero-order chi connectivity index (χ0) is 13.0. The van der Waals surface area contributed by atoms with Crippen LogP contribution in [0.3, 0.4) is 0 Å². The molecule has 2 N–H and O–H groups in total. The van der Waals surface area contributed by atoms with Crippen molar-refractivity contribution < 1.29 is 0 Å². The van der Waals surface area contributed by atoms with E-state index in [1.807, 2.05) is 48.0 Å². The van der Waals surface area contributed by atoms with Gasteiger partial charge in [-0.2, -0.15) is 5.26 Å². The molecule has 18 heavy (non-hydrogen) atoms. The van der Waals surface area contributed by atoms with E-state index in [4.69, 9.17) is 5.73 Å². The van der Waals surface area contributed by atoms with Crippen LogP contribution in [0.25, 0.3) is 11.3 Å². The molecule has 0 aliphatic heterocycles. The van der Waals surface area contributed by atoms with Crippen LogP contribution in [-0.4, -0.2) is 6.26 Å². The first-order valence-corrected chi connectivity index (χ1v) is 7.45. The van der Waals surface area contributed by atoms with Gasteiger partial charge in [-0.25, -0.2) is 0 Å². The predicted octanol–water partition coefficient (Wildman–Crippen LogP) is 3.82. The normalized spacial score (nSPS) is 11.8. The Morgan fingerprint density at radius 2 is 2.00 bits per heavy atom. The lowest BCUT2D eigenvalue weighted by Crippen LogP contribution is -1.99. The quantitative estimate of drug-likeness (QED) is 0.682. The molecule has 1 aromatic heterocycles. The van der Waals surface area contributed by atoms with Crippen LogP contribution in [0.15, 0.2) is 46.7 Å². The molecule has 0 aliphatic carbocycles. The average Bonchev–Trinajstić information content (AvgIpc) is 2.93. The van der Waals surface area contributed by atoms with Crippen LogP contribution >= 0.6 is 23.1 Å². The van der Waals surface area contributed by atoms with Crippen molar-refractivity contribution in [2.75, 3.05) is 6.26 Å². The molecule has 1 aromatic carbocycles. The van der Waals surface area contributed by atoms with Crippen LogP contribution in [-0.2, 0) is 0 Å². The van der Waals surface area contributed by atoms with Gasteiger partial charge in [0, 0.05) is 9.77 Å². The van der Waals surface area contributed by atoms with Gasteiger partial charge in [0.25, 0.3) is 0 Å². The van der Waals surface area contributed by atoms with Crippen molar-refractivity contribution in [3.63, 3.8) is 0 Å². The van der Waals surface area contributed by atoms with Crippen molar-refractivity contribution in [3.05, 3.63) is 52.2 Å². The van der Waals surface area contributed by atoms with Crippen molar-refractivity contribution >= 4 is 34.4 Å². The SMILES string of the molecule is CSc1ccc(/C(N)=C(/C#N)c2cccs2)cc1. The molecular weight excluding hydrogens is 260 g/mol. The van der Waals surface area contributed by atoms with Crippen molar-refractivity contribution in [1.29, 1.82) is 5.26 Å². The van der Waals surface area contributed by atoms with Gasteiger partial charge >= 0.3 is 0 Å². The molecule has 0 unspecified atom stereocenters. The molecule has 90 valence electrons. The monoisotopic (exact) mass is 272 g/mol. The van der Waals surface area contributed by atoms with Gasteiger partial charge in [0.1, 0.15) is 6.07 Å². The summed E-state index contributed by atoms with van der Waals surface area (Å²) in [6, 6.07) is 13.9. The fourth-order valence-corrected chi connectivity index (χ4v) is 2.73. The summed E-state index contributed by atoms with van der Waals surface area (Å²) in [6.45, 7) is 0. The second kappa shape index (κ2) is 5.76. The Balaban J connectivity index is 2.44. The molecule has 0 amide bonds. The Labute approximate surface area is 115 Å². The third-order valence-corrected chi connectivity index (χ3v) is 4.18. The summed E-state index contributed by atoms with van der Waals surface area (Å²) in [4.78, 5) is 2.09. The zero-order valence-corrected chi connectivity index (χ0v) is 11.5. The molecule has 0 atom stereocenters. The van der Waals surface area contributed by atoms with Crippen LogP contribution in [0.1, 0.15) is 10.4 Å². The summed E-state index contributed by atoms with van der Waals surface area (Å²) >= 11 is 3.20. The van der Waals surface area contributed by atoms with Gasteiger partial charge < -0.3 is 5.73 Å². The summed E-state index contributed by atoms with van der Waals surface area (Å²) in [6.07, 6.45) is 2.03. The molecule has 0 fully saturated rings. The fourth-order valence-electron chi connectivity index (χ4n) is 1.58. The van der Waals surface area contributed by atoms with E-state index in [2.05, 4.69) is 6.07 Å². The summed E-state index contributed by atoms with van der Waals surface area (Å²) in [5, 5.41) is 11.2. The van der Waals surface area contributed by atoms with E-state index in [1.165, 1.54) is 16.2 Å². The minimum absolute atomic E-state index is 0.535. The molecule has 1 heterocycles. The van der Waals surface area contributed by atoms with Crippen LogP contribution in [0.5, 0.6) is 0 Å². The highest BCUT2D eigenvalue weighted by Gasteiger charge is 2.09. The lowest BCUT2D eigenvalue weighted by atomic mass is 10.1. The van der Waals surface area contributed by atoms with E-state index < -0.39 is 0 Å². The first kappa shape index (κ1) is 12.7. The molecule has 0 radical (unpaired) electrons. The summed E-state index contributed by atoms with van der Waals surface area (Å²) in [5.41, 5.74) is 8.05. The number of hydrogen-bond donors (Lipinski definition) is 1. The van der Waals surface area contributed by atoms with Gasteiger partial charge in [-0.1, -0.05) is 18.2 Å². The maximum Gasteiger partial charge on any atom is 0.103 e. The molecule has 4 heteroatoms. The molecule has 2 aromatic rings. The number of benzene rings is 1. The Kier molecular flexibility index (Phi) is 4.08. The Morgan fingerprint density at radius 1 is 1.28 bits per heavy atom. The maximum atomic E-state index is 9.25. The molecule has 2 nitrogen and oxygen atoms in total. The maximum absolute atomic E-state index is 9.25. The lowest BCUT2D eigenvalue weighted by Gasteiger charge is -2.05. The topological polar surface area (TPSA) is 49.8 Å². The molecule has 0 saturated carbocycles. The molecular formula is C14H12N2S2. The van der Waals surface area contributed by atoms with E-state index in [0.29, 0.717) is 11.3 Å². The van der Waals surface area contributed by atoms with E-state index in [1.54, 1.807) is 11.8 Å². The predicted molar refractivity (Wildman–Crippen MR) is 79.2 cm³/mol. The number of thioether (sulfide) groups is 1. The second-order valence-corrected chi connectivity index (χ2v) is 5.43. The standard InChI is InChI=1S/C14H12N2S2/c1-17-11-6-4-10(5-7-11)14(16)12(9-15)13-3-2-8-18-13/h2-8H,16H2,1H3/b14-12+. The number of allylic oxidation sites excluding steroid dienone is 1. The number of thiophene rings is 1.